The van der Waals surface area contributed by atoms with Crippen LogP contribution in [0.2, 0.25) is 0 Å². The average molecular weight is 533 g/mol. The van der Waals surface area contributed by atoms with Crippen LogP contribution in [0, 0.1) is 16.7 Å². The molecule has 0 aromatic carbocycles. The number of hydrogen-bond donors (Lipinski definition) is 0. The van der Waals surface area contributed by atoms with Crippen molar-refractivity contribution in [1.82, 2.24) is 0 Å². The molecule has 0 fully saturated rings. The molecule has 0 aromatic heterocycles. The largest absolute Gasteiger partial charge is 0.0928 e. The van der Waals surface area contributed by atoms with Crippen LogP contribution in [0.3, 0.4) is 0 Å². The summed E-state index contributed by atoms with van der Waals surface area (Å²) in [7, 11) is 0. The van der Waals surface area contributed by atoms with Crippen LogP contribution >= 0.6 is 47.8 Å². The molecule has 0 saturated carbocycles. The molecule has 0 aliphatic carbocycles. The molecule has 0 aliphatic heterocycles. The molecular formula is C21H41Br3. The summed E-state index contributed by atoms with van der Waals surface area (Å²) in [6, 6.07) is 0. The fraction of sp³-hybridized carbons (Fsp3) is 1.00. The lowest BCUT2D eigenvalue weighted by Gasteiger charge is -2.28. The lowest BCUT2D eigenvalue weighted by molar-refractivity contribution is 0.252. The Morgan fingerprint density at radius 2 is 1.08 bits per heavy atom. The fourth-order valence-electron chi connectivity index (χ4n) is 3.36. The van der Waals surface area contributed by atoms with E-state index in [-0.39, 0.29) is 0 Å². The van der Waals surface area contributed by atoms with Gasteiger partial charge in [0, 0.05) is 16.0 Å². The zero-order valence-electron chi connectivity index (χ0n) is 16.6. The molecule has 0 rings (SSSR count). The van der Waals surface area contributed by atoms with Gasteiger partial charge in [-0.15, -0.1) is 0 Å². The normalized spacial score (nSPS) is 14.1. The number of hydrogen-bond acceptors (Lipinski definition) is 0. The van der Waals surface area contributed by atoms with Gasteiger partial charge in [-0.25, -0.2) is 0 Å². The van der Waals surface area contributed by atoms with Gasteiger partial charge >= 0.3 is 0 Å². The number of rotatable bonds is 16. The summed E-state index contributed by atoms with van der Waals surface area (Å²) in [6.45, 7) is 9.74. The van der Waals surface area contributed by atoms with Crippen LogP contribution < -0.4 is 0 Å². The van der Waals surface area contributed by atoms with Crippen molar-refractivity contribution in [2.24, 2.45) is 16.7 Å². The molecule has 0 aliphatic rings. The minimum absolute atomic E-state index is 0.493. The molecule has 0 N–H and O–H groups in total. The Bertz CT molecular complexity index is 287. The third kappa shape index (κ3) is 14.6. The van der Waals surface area contributed by atoms with Gasteiger partial charge in [-0.3, -0.25) is 0 Å². The van der Waals surface area contributed by atoms with E-state index in [0.717, 1.165) is 21.9 Å². The van der Waals surface area contributed by atoms with Crippen molar-refractivity contribution in [2.75, 3.05) is 16.0 Å². The van der Waals surface area contributed by atoms with Gasteiger partial charge in [0.05, 0.1) is 0 Å². The summed E-state index contributed by atoms with van der Waals surface area (Å²) in [5, 5.41) is 3.43. The van der Waals surface area contributed by atoms with Crippen molar-refractivity contribution in [1.29, 1.82) is 0 Å². The van der Waals surface area contributed by atoms with Crippen LogP contribution in [0.5, 0.6) is 0 Å². The second-order valence-corrected chi connectivity index (χ2v) is 11.4. The molecule has 0 saturated heterocycles. The number of alkyl halides is 3. The minimum Gasteiger partial charge on any atom is -0.0928 e. The minimum atomic E-state index is 0.493. The molecule has 0 spiro atoms. The van der Waals surface area contributed by atoms with Gasteiger partial charge in [-0.1, -0.05) is 108 Å². The first-order valence-corrected chi connectivity index (χ1v) is 13.3. The third-order valence-electron chi connectivity index (χ3n) is 5.48. The van der Waals surface area contributed by atoms with E-state index in [0.29, 0.717) is 10.8 Å². The van der Waals surface area contributed by atoms with Crippen LogP contribution in [-0.2, 0) is 0 Å². The Morgan fingerprint density at radius 3 is 1.62 bits per heavy atom. The highest BCUT2D eigenvalue weighted by atomic mass is 79.9. The van der Waals surface area contributed by atoms with E-state index >= 15 is 0 Å². The zero-order valence-corrected chi connectivity index (χ0v) is 21.4. The highest BCUT2D eigenvalue weighted by Gasteiger charge is 2.21. The SMILES string of the molecule is CC(C)(CCBr)CCCC(CCCCCBr)CCC(C)(C)CCBr. The summed E-state index contributed by atoms with van der Waals surface area (Å²) in [6.07, 6.45) is 15.2. The Morgan fingerprint density at radius 1 is 0.542 bits per heavy atom. The molecule has 0 aromatic rings. The quantitative estimate of drug-likeness (QED) is 0.137. The van der Waals surface area contributed by atoms with Gasteiger partial charge in [-0.2, -0.15) is 0 Å². The summed E-state index contributed by atoms with van der Waals surface area (Å²) in [4.78, 5) is 0. The molecule has 0 heterocycles. The van der Waals surface area contributed by atoms with E-state index in [1.54, 1.807) is 0 Å². The zero-order chi connectivity index (χ0) is 18.5. The lowest BCUT2D eigenvalue weighted by atomic mass is 9.78. The van der Waals surface area contributed by atoms with Crippen LogP contribution in [-0.4, -0.2) is 16.0 Å². The molecule has 0 bridgehead atoms. The molecule has 24 heavy (non-hydrogen) atoms. The van der Waals surface area contributed by atoms with Gasteiger partial charge in [0.2, 0.25) is 0 Å². The van der Waals surface area contributed by atoms with Crippen molar-refractivity contribution < 1.29 is 0 Å². The molecule has 0 nitrogen and oxygen atoms in total. The second kappa shape index (κ2) is 14.5. The fourth-order valence-corrected chi connectivity index (χ4v) is 5.91. The van der Waals surface area contributed by atoms with Gasteiger partial charge in [0.15, 0.2) is 0 Å². The monoisotopic (exact) mass is 530 g/mol. The number of halogens is 3. The van der Waals surface area contributed by atoms with Gasteiger partial charge in [0.25, 0.3) is 0 Å². The molecule has 0 amide bonds. The maximum atomic E-state index is 3.62. The van der Waals surface area contributed by atoms with Gasteiger partial charge in [-0.05, 0) is 55.3 Å². The van der Waals surface area contributed by atoms with Crippen molar-refractivity contribution in [2.45, 2.75) is 98.3 Å². The standard InChI is InChI=1S/C21H41Br3/c1-20(2,14-17-23)12-8-10-19(9-6-5-7-16-22)11-13-21(3,4)15-18-24/h19H,5-18H2,1-4H3. The molecule has 1 unspecified atom stereocenters. The number of unbranched alkanes of at least 4 members (excludes halogenated alkanes) is 2. The van der Waals surface area contributed by atoms with Crippen molar-refractivity contribution >= 4 is 47.8 Å². The second-order valence-electron chi connectivity index (χ2n) is 9.04. The van der Waals surface area contributed by atoms with E-state index in [2.05, 4.69) is 75.5 Å². The molecule has 0 radical (unpaired) electrons. The Hall–Kier alpha value is 1.44. The molecule has 146 valence electrons. The van der Waals surface area contributed by atoms with Gasteiger partial charge in [0.1, 0.15) is 0 Å². The van der Waals surface area contributed by atoms with Crippen LogP contribution in [0.25, 0.3) is 0 Å². The highest BCUT2D eigenvalue weighted by Crippen LogP contribution is 2.34. The van der Waals surface area contributed by atoms with Crippen molar-refractivity contribution in [3.63, 3.8) is 0 Å². The first-order chi connectivity index (χ1) is 11.3. The summed E-state index contributed by atoms with van der Waals surface area (Å²) >= 11 is 10.8. The summed E-state index contributed by atoms with van der Waals surface area (Å²) in [5.41, 5.74) is 0.992. The molecular weight excluding hydrogens is 492 g/mol. The Labute approximate surface area is 178 Å². The smallest absolute Gasteiger partial charge is 0.00363 e. The molecule has 3 heteroatoms. The first-order valence-electron chi connectivity index (χ1n) is 9.94. The van der Waals surface area contributed by atoms with E-state index in [9.17, 15) is 0 Å². The maximum Gasteiger partial charge on any atom is 0.00363 e. The Balaban J connectivity index is 4.31. The van der Waals surface area contributed by atoms with Crippen molar-refractivity contribution in [3.05, 3.63) is 0 Å². The van der Waals surface area contributed by atoms with Gasteiger partial charge < -0.3 is 0 Å². The van der Waals surface area contributed by atoms with Crippen LogP contribution in [0.1, 0.15) is 98.3 Å². The van der Waals surface area contributed by atoms with Crippen LogP contribution in [0.15, 0.2) is 0 Å². The van der Waals surface area contributed by atoms with E-state index < -0.39 is 0 Å². The average Bonchev–Trinajstić information content (AvgIpc) is 2.48. The van der Waals surface area contributed by atoms with E-state index in [1.807, 2.05) is 0 Å². The van der Waals surface area contributed by atoms with Crippen LogP contribution in [0.4, 0.5) is 0 Å². The highest BCUT2D eigenvalue weighted by molar-refractivity contribution is 9.09. The maximum absolute atomic E-state index is 3.62. The Kier molecular flexibility index (Phi) is 15.4. The lowest BCUT2D eigenvalue weighted by Crippen LogP contribution is -2.16. The topological polar surface area (TPSA) is 0 Å². The summed E-state index contributed by atoms with van der Waals surface area (Å²) in [5.74, 6) is 0.940. The van der Waals surface area contributed by atoms with Crippen molar-refractivity contribution in [3.8, 4) is 0 Å². The first kappa shape index (κ1) is 25.4. The predicted molar refractivity (Wildman–Crippen MR) is 123 cm³/mol. The van der Waals surface area contributed by atoms with E-state index in [4.69, 9.17) is 0 Å². The molecule has 1 atom stereocenters. The third-order valence-corrected chi connectivity index (χ3v) is 6.84. The summed E-state index contributed by atoms with van der Waals surface area (Å²) < 4.78 is 0. The van der Waals surface area contributed by atoms with E-state index in [1.165, 1.54) is 70.6 Å². The predicted octanol–water partition coefficient (Wildman–Crippen LogP) is 9.13.